The molecular weight excluding hydrogens is 392 g/mol. The minimum atomic E-state index is -1.18. The Bertz CT molecular complexity index is 1010. The summed E-state index contributed by atoms with van der Waals surface area (Å²) in [5.74, 6) is -1.15. The van der Waals surface area contributed by atoms with Gasteiger partial charge in [0.1, 0.15) is 18.8 Å². The van der Waals surface area contributed by atoms with Crippen molar-refractivity contribution in [3.05, 3.63) is 56.6 Å². The molecule has 3 rings (SSSR count). The maximum Gasteiger partial charge on any atom is 0.346 e. The van der Waals surface area contributed by atoms with E-state index < -0.39 is 28.6 Å². The Morgan fingerprint density at radius 2 is 1.63 bits per heavy atom. The molecule has 0 radical (unpaired) electrons. The number of rotatable bonds is 5. The molecule has 0 unspecified atom stereocenters. The van der Waals surface area contributed by atoms with Crippen LogP contribution in [-0.4, -0.2) is 36.1 Å². The van der Waals surface area contributed by atoms with Crippen LogP contribution in [0.5, 0.6) is 11.5 Å². The summed E-state index contributed by atoms with van der Waals surface area (Å²) in [7, 11) is 0. The van der Waals surface area contributed by atoms with Gasteiger partial charge >= 0.3 is 5.97 Å². The number of amides is 1. The molecule has 0 aromatic heterocycles. The fourth-order valence-electron chi connectivity index (χ4n) is 3.27. The van der Waals surface area contributed by atoms with Gasteiger partial charge in [-0.2, -0.15) is 0 Å². The lowest BCUT2D eigenvalue weighted by molar-refractivity contribution is -0.385. The van der Waals surface area contributed by atoms with E-state index in [1.165, 1.54) is 13.0 Å². The first-order valence-corrected chi connectivity index (χ1v) is 9.35. The van der Waals surface area contributed by atoms with Crippen LogP contribution in [0.1, 0.15) is 34.0 Å². The van der Waals surface area contributed by atoms with Gasteiger partial charge in [-0.1, -0.05) is 17.7 Å². The van der Waals surface area contributed by atoms with Crippen LogP contribution >= 0.6 is 0 Å². The number of benzene rings is 2. The largest absolute Gasteiger partial charge is 0.486 e. The van der Waals surface area contributed by atoms with E-state index in [0.717, 1.165) is 22.8 Å². The third-order valence-electron chi connectivity index (χ3n) is 4.66. The number of ether oxygens (including phenoxy) is 3. The monoisotopic (exact) mass is 414 g/mol. The number of nitrogens with zero attached hydrogens (tertiary/aromatic N) is 1. The molecule has 1 amide bonds. The van der Waals surface area contributed by atoms with Gasteiger partial charge in [0.15, 0.2) is 17.6 Å². The lowest BCUT2D eigenvalue weighted by Gasteiger charge is -2.19. The average molecular weight is 414 g/mol. The van der Waals surface area contributed by atoms with Gasteiger partial charge < -0.3 is 19.5 Å². The first-order chi connectivity index (χ1) is 14.2. The number of anilines is 1. The van der Waals surface area contributed by atoms with Crippen LogP contribution in [-0.2, 0) is 9.53 Å². The molecule has 30 heavy (non-hydrogen) atoms. The van der Waals surface area contributed by atoms with E-state index in [1.807, 2.05) is 32.9 Å². The molecule has 1 aliphatic heterocycles. The Morgan fingerprint density at radius 3 is 2.20 bits per heavy atom. The number of hydrogen-bond acceptors (Lipinski definition) is 7. The first kappa shape index (κ1) is 21.1. The van der Waals surface area contributed by atoms with E-state index in [1.54, 1.807) is 0 Å². The van der Waals surface area contributed by atoms with Crippen molar-refractivity contribution in [2.24, 2.45) is 0 Å². The van der Waals surface area contributed by atoms with E-state index in [-0.39, 0.29) is 30.3 Å². The van der Waals surface area contributed by atoms with Gasteiger partial charge in [0, 0.05) is 11.8 Å². The highest BCUT2D eigenvalue weighted by molar-refractivity contribution is 6.00. The van der Waals surface area contributed by atoms with Gasteiger partial charge in [-0.3, -0.25) is 14.9 Å². The highest BCUT2D eigenvalue weighted by Gasteiger charge is 2.29. The van der Waals surface area contributed by atoms with Gasteiger partial charge in [0.05, 0.1) is 11.0 Å². The second-order valence-corrected chi connectivity index (χ2v) is 7.08. The minimum absolute atomic E-state index is 0.181. The Kier molecular flexibility index (Phi) is 5.91. The fourth-order valence-corrected chi connectivity index (χ4v) is 3.27. The maximum absolute atomic E-state index is 12.6. The number of nitro benzene ring substituents is 1. The standard InChI is InChI=1S/C21H22N2O7/c1-11-7-12(2)19(13(3)8-11)22-20(24)14(4)30-21(25)15-9-17-18(29-6-5-28-17)10-16(15)23(26)27/h7-10,14H,5-6H2,1-4H3,(H,22,24)/t14-/m0/s1. The van der Waals surface area contributed by atoms with Gasteiger partial charge in [-0.05, 0) is 38.8 Å². The van der Waals surface area contributed by atoms with E-state index >= 15 is 0 Å². The third kappa shape index (κ3) is 4.35. The molecule has 158 valence electrons. The van der Waals surface area contributed by atoms with E-state index in [0.29, 0.717) is 5.69 Å². The van der Waals surface area contributed by atoms with Crippen LogP contribution in [0, 0.1) is 30.9 Å². The van der Waals surface area contributed by atoms with Gasteiger partial charge in [-0.25, -0.2) is 4.79 Å². The van der Waals surface area contributed by atoms with Crippen LogP contribution < -0.4 is 14.8 Å². The van der Waals surface area contributed by atoms with Gasteiger partial charge in [0.2, 0.25) is 0 Å². The van der Waals surface area contributed by atoms with Crippen LogP contribution in [0.2, 0.25) is 0 Å². The molecule has 1 atom stereocenters. The zero-order chi connectivity index (χ0) is 22.0. The average Bonchev–Trinajstić information content (AvgIpc) is 2.69. The number of nitro groups is 1. The second kappa shape index (κ2) is 8.40. The van der Waals surface area contributed by atoms with Crippen molar-refractivity contribution >= 4 is 23.3 Å². The van der Waals surface area contributed by atoms with Gasteiger partial charge in [-0.15, -0.1) is 0 Å². The molecule has 0 bridgehead atoms. The molecule has 9 heteroatoms. The number of nitrogens with one attached hydrogen (secondary N) is 1. The molecule has 0 saturated carbocycles. The summed E-state index contributed by atoms with van der Waals surface area (Å²) in [6.07, 6.45) is -1.18. The summed E-state index contributed by atoms with van der Waals surface area (Å²) < 4.78 is 15.9. The van der Waals surface area contributed by atoms with Gasteiger partial charge in [0.25, 0.3) is 11.6 Å². The van der Waals surface area contributed by atoms with E-state index in [4.69, 9.17) is 14.2 Å². The van der Waals surface area contributed by atoms with Crippen molar-refractivity contribution in [1.29, 1.82) is 0 Å². The van der Waals surface area contributed by atoms with Crippen LogP contribution in [0.25, 0.3) is 0 Å². The highest BCUT2D eigenvalue weighted by Crippen LogP contribution is 2.37. The number of aryl methyl sites for hydroxylation is 3. The number of carbonyl (C=O) groups is 2. The molecular formula is C21H22N2O7. The normalized spacial score (nSPS) is 13.3. The lowest BCUT2D eigenvalue weighted by Crippen LogP contribution is -2.30. The molecule has 0 aliphatic carbocycles. The molecule has 2 aromatic rings. The molecule has 0 fully saturated rings. The fraction of sp³-hybridized carbons (Fsp3) is 0.333. The van der Waals surface area contributed by atoms with Crippen molar-refractivity contribution in [2.45, 2.75) is 33.8 Å². The number of carbonyl (C=O) groups excluding carboxylic acids is 2. The molecule has 0 spiro atoms. The summed E-state index contributed by atoms with van der Waals surface area (Å²) in [6.45, 7) is 7.60. The number of esters is 1. The van der Waals surface area contributed by atoms with Crippen molar-refractivity contribution in [2.75, 3.05) is 18.5 Å². The summed E-state index contributed by atoms with van der Waals surface area (Å²) in [5.41, 5.74) is 2.66. The first-order valence-electron chi connectivity index (χ1n) is 9.35. The summed E-state index contributed by atoms with van der Waals surface area (Å²) in [5, 5.41) is 14.2. The zero-order valence-corrected chi connectivity index (χ0v) is 17.1. The van der Waals surface area contributed by atoms with E-state index in [9.17, 15) is 19.7 Å². The molecule has 9 nitrogen and oxygen atoms in total. The van der Waals surface area contributed by atoms with Crippen LogP contribution in [0.15, 0.2) is 24.3 Å². The Hall–Kier alpha value is -3.62. The Balaban J connectivity index is 1.79. The topological polar surface area (TPSA) is 117 Å². The molecule has 1 N–H and O–H groups in total. The minimum Gasteiger partial charge on any atom is -0.486 e. The van der Waals surface area contributed by atoms with Crippen molar-refractivity contribution in [3.8, 4) is 11.5 Å². The number of fused-ring (bicyclic) bond motifs is 1. The smallest absolute Gasteiger partial charge is 0.346 e. The Labute approximate surface area is 173 Å². The van der Waals surface area contributed by atoms with Crippen molar-refractivity contribution in [3.63, 3.8) is 0 Å². The third-order valence-corrected chi connectivity index (χ3v) is 4.66. The zero-order valence-electron chi connectivity index (χ0n) is 17.1. The second-order valence-electron chi connectivity index (χ2n) is 7.08. The maximum atomic E-state index is 12.6. The van der Waals surface area contributed by atoms with Crippen molar-refractivity contribution < 1.29 is 28.7 Å². The SMILES string of the molecule is Cc1cc(C)c(NC(=O)[C@H](C)OC(=O)c2cc3c(cc2[N+](=O)[O-])OCCO3)c(C)c1. The molecule has 1 aliphatic rings. The van der Waals surface area contributed by atoms with Crippen LogP contribution in [0.3, 0.4) is 0 Å². The lowest BCUT2D eigenvalue weighted by atomic mass is 10.0. The predicted molar refractivity (Wildman–Crippen MR) is 108 cm³/mol. The summed E-state index contributed by atoms with van der Waals surface area (Å²) in [4.78, 5) is 35.8. The highest BCUT2D eigenvalue weighted by atomic mass is 16.6. The molecule has 2 aromatic carbocycles. The molecule has 1 heterocycles. The van der Waals surface area contributed by atoms with Crippen LogP contribution in [0.4, 0.5) is 11.4 Å². The summed E-state index contributed by atoms with van der Waals surface area (Å²) >= 11 is 0. The number of hydrogen-bond donors (Lipinski definition) is 1. The Morgan fingerprint density at radius 1 is 1.07 bits per heavy atom. The summed E-state index contributed by atoms with van der Waals surface area (Å²) in [6, 6.07) is 6.18. The predicted octanol–water partition coefficient (Wildman–Crippen LogP) is 3.48. The quantitative estimate of drug-likeness (QED) is 0.452. The van der Waals surface area contributed by atoms with Crippen molar-refractivity contribution in [1.82, 2.24) is 0 Å². The molecule has 0 saturated heterocycles. The van der Waals surface area contributed by atoms with E-state index in [2.05, 4.69) is 5.32 Å².